The Labute approximate surface area is 279 Å². The molecular formula is C37H68O9. The van der Waals surface area contributed by atoms with Crippen LogP contribution in [0.5, 0.6) is 0 Å². The van der Waals surface area contributed by atoms with Gasteiger partial charge in [0, 0.05) is 13.0 Å². The van der Waals surface area contributed by atoms with E-state index < -0.39 is 43.4 Å². The van der Waals surface area contributed by atoms with Crippen LogP contribution in [0.3, 0.4) is 0 Å². The molecular weight excluding hydrogens is 588 g/mol. The summed E-state index contributed by atoms with van der Waals surface area (Å²) in [5.74, 6) is -0.330. The number of rotatable bonds is 30. The highest BCUT2D eigenvalue weighted by Gasteiger charge is 2.44. The summed E-state index contributed by atoms with van der Waals surface area (Å²) in [5.41, 5.74) is 0. The van der Waals surface area contributed by atoms with Crippen LogP contribution in [0.15, 0.2) is 24.3 Å². The van der Waals surface area contributed by atoms with Gasteiger partial charge in [-0.15, -0.1) is 0 Å². The second-order valence-corrected chi connectivity index (χ2v) is 12.7. The number of esters is 1. The van der Waals surface area contributed by atoms with Crippen LogP contribution in [-0.2, 0) is 23.7 Å². The summed E-state index contributed by atoms with van der Waals surface area (Å²) in [7, 11) is 0. The van der Waals surface area contributed by atoms with Crippen LogP contribution in [0, 0.1) is 0 Å². The minimum absolute atomic E-state index is 0.115. The lowest BCUT2D eigenvalue weighted by Gasteiger charge is -2.39. The summed E-state index contributed by atoms with van der Waals surface area (Å²) in [6.07, 6.45) is 23.9. The fraction of sp³-hybridized carbons (Fsp3) is 0.865. The van der Waals surface area contributed by atoms with Crippen molar-refractivity contribution in [3.63, 3.8) is 0 Å². The fourth-order valence-electron chi connectivity index (χ4n) is 5.40. The summed E-state index contributed by atoms with van der Waals surface area (Å²) in [6, 6.07) is 0. The summed E-state index contributed by atoms with van der Waals surface area (Å²) in [4.78, 5) is 12.5. The van der Waals surface area contributed by atoms with Crippen LogP contribution in [-0.4, -0.2) is 89.6 Å². The van der Waals surface area contributed by atoms with E-state index in [1.165, 1.54) is 70.6 Å². The molecule has 1 aliphatic heterocycles. The largest absolute Gasteiger partial charge is 0.457 e. The lowest BCUT2D eigenvalue weighted by molar-refractivity contribution is -0.305. The first-order valence-corrected chi connectivity index (χ1v) is 18.4. The zero-order chi connectivity index (χ0) is 33.7. The van der Waals surface area contributed by atoms with Crippen LogP contribution in [0.4, 0.5) is 0 Å². The van der Waals surface area contributed by atoms with E-state index in [1.807, 2.05) is 0 Å². The Morgan fingerprint density at radius 1 is 0.696 bits per heavy atom. The molecule has 0 aliphatic carbocycles. The van der Waals surface area contributed by atoms with Gasteiger partial charge in [0.2, 0.25) is 0 Å². The highest BCUT2D eigenvalue weighted by atomic mass is 16.7. The minimum atomic E-state index is -1.53. The third-order valence-electron chi connectivity index (χ3n) is 8.37. The van der Waals surface area contributed by atoms with E-state index in [0.717, 1.165) is 51.4 Å². The Bertz CT molecular complexity index is 757. The molecule has 0 aromatic carbocycles. The number of hydrogen-bond donors (Lipinski definition) is 4. The zero-order valence-corrected chi connectivity index (χ0v) is 29.1. The number of hydrogen-bond acceptors (Lipinski definition) is 9. The topological polar surface area (TPSA) is 135 Å². The second kappa shape index (κ2) is 29.8. The number of ether oxygens (including phenoxy) is 4. The first-order chi connectivity index (χ1) is 22.4. The third-order valence-corrected chi connectivity index (χ3v) is 8.37. The molecule has 0 amide bonds. The molecule has 1 fully saturated rings. The smallest absolute Gasteiger partial charge is 0.306 e. The van der Waals surface area contributed by atoms with Crippen molar-refractivity contribution in [1.29, 1.82) is 0 Å². The van der Waals surface area contributed by atoms with Gasteiger partial charge in [0.25, 0.3) is 0 Å². The number of carbonyl (C=O) groups is 1. The molecule has 0 radical (unpaired) electrons. The van der Waals surface area contributed by atoms with Crippen LogP contribution in [0.2, 0.25) is 0 Å². The number of allylic oxidation sites excluding steroid dienone is 4. The Balaban J connectivity index is 2.23. The minimum Gasteiger partial charge on any atom is -0.457 e. The lowest BCUT2D eigenvalue weighted by Crippen LogP contribution is -2.59. The normalized spacial score (nSPS) is 22.6. The Hall–Kier alpha value is -1.33. The maximum atomic E-state index is 12.5. The monoisotopic (exact) mass is 656 g/mol. The Morgan fingerprint density at radius 2 is 1.26 bits per heavy atom. The van der Waals surface area contributed by atoms with E-state index in [9.17, 15) is 25.2 Å². The van der Waals surface area contributed by atoms with Crippen LogP contribution in [0.1, 0.15) is 142 Å². The highest BCUT2D eigenvalue weighted by Crippen LogP contribution is 2.22. The number of carbonyl (C=O) groups excluding carboxylic acids is 1. The van der Waals surface area contributed by atoms with Gasteiger partial charge in [0.1, 0.15) is 30.5 Å². The summed E-state index contributed by atoms with van der Waals surface area (Å²) < 4.78 is 22.5. The molecule has 1 saturated heterocycles. The van der Waals surface area contributed by atoms with Gasteiger partial charge in [-0.25, -0.2) is 0 Å². The SMILES string of the molecule is CCCCC/C=C\C/C=C\CCCCCCCCCCOCC(COC1OC(CO)C(O)C(O)C1O)OC(=O)CCCCCCC. The molecule has 0 spiro atoms. The van der Waals surface area contributed by atoms with Gasteiger partial charge >= 0.3 is 5.97 Å². The predicted octanol–water partition coefficient (Wildman–Crippen LogP) is 6.69. The van der Waals surface area contributed by atoms with Crippen molar-refractivity contribution >= 4 is 5.97 Å². The first kappa shape index (κ1) is 42.7. The van der Waals surface area contributed by atoms with Gasteiger partial charge < -0.3 is 39.4 Å². The molecule has 9 heteroatoms. The van der Waals surface area contributed by atoms with E-state index in [2.05, 4.69) is 38.2 Å². The van der Waals surface area contributed by atoms with E-state index in [1.54, 1.807) is 0 Å². The average molecular weight is 657 g/mol. The van der Waals surface area contributed by atoms with E-state index in [0.29, 0.717) is 13.0 Å². The van der Waals surface area contributed by atoms with Crippen molar-refractivity contribution in [2.45, 2.75) is 179 Å². The molecule has 9 nitrogen and oxygen atoms in total. The van der Waals surface area contributed by atoms with Crippen molar-refractivity contribution in [3.8, 4) is 0 Å². The molecule has 0 saturated carbocycles. The lowest BCUT2D eigenvalue weighted by atomic mass is 9.99. The molecule has 6 atom stereocenters. The number of unbranched alkanes of at least 4 members (excludes halogenated alkanes) is 15. The maximum Gasteiger partial charge on any atom is 0.306 e. The van der Waals surface area contributed by atoms with Crippen molar-refractivity contribution in [2.75, 3.05) is 26.4 Å². The highest BCUT2D eigenvalue weighted by molar-refractivity contribution is 5.69. The van der Waals surface area contributed by atoms with Crippen LogP contribution in [0.25, 0.3) is 0 Å². The molecule has 1 heterocycles. The number of aliphatic hydroxyl groups excluding tert-OH is 4. The van der Waals surface area contributed by atoms with Crippen molar-refractivity contribution < 1.29 is 44.2 Å². The van der Waals surface area contributed by atoms with Crippen molar-refractivity contribution in [1.82, 2.24) is 0 Å². The molecule has 1 aliphatic rings. The standard InChI is InChI=1S/C37H68O9/c1-3-5-7-9-10-11-12-13-14-15-16-17-18-19-20-21-23-25-27-43-29-31(45-33(39)26-24-22-8-6-4-2)30-44-37-36(42)35(41)34(40)32(28-38)46-37/h10-11,13-14,31-32,34-38,40-42H,3-9,12,15-30H2,1-2H3/b11-10-,14-13-. The quantitative estimate of drug-likeness (QED) is 0.0379. The van der Waals surface area contributed by atoms with Gasteiger partial charge in [-0.2, -0.15) is 0 Å². The summed E-state index contributed by atoms with van der Waals surface area (Å²) in [6.45, 7) is 4.42. The van der Waals surface area contributed by atoms with Gasteiger partial charge in [-0.1, -0.05) is 115 Å². The zero-order valence-electron chi connectivity index (χ0n) is 29.1. The van der Waals surface area contributed by atoms with Gasteiger partial charge in [0.05, 0.1) is 19.8 Å². The van der Waals surface area contributed by atoms with E-state index >= 15 is 0 Å². The molecule has 6 unspecified atom stereocenters. The van der Waals surface area contributed by atoms with Crippen LogP contribution < -0.4 is 0 Å². The molecule has 4 N–H and O–H groups in total. The molecule has 46 heavy (non-hydrogen) atoms. The fourth-order valence-corrected chi connectivity index (χ4v) is 5.40. The van der Waals surface area contributed by atoms with E-state index in [-0.39, 0.29) is 19.2 Å². The van der Waals surface area contributed by atoms with Gasteiger partial charge in [-0.05, 0) is 44.9 Å². The maximum absolute atomic E-state index is 12.5. The van der Waals surface area contributed by atoms with Crippen molar-refractivity contribution in [3.05, 3.63) is 24.3 Å². The van der Waals surface area contributed by atoms with E-state index in [4.69, 9.17) is 18.9 Å². The molecule has 0 bridgehead atoms. The second-order valence-electron chi connectivity index (χ2n) is 12.7. The van der Waals surface area contributed by atoms with Gasteiger partial charge in [0.15, 0.2) is 6.29 Å². The van der Waals surface area contributed by atoms with Crippen molar-refractivity contribution in [2.24, 2.45) is 0 Å². The molecule has 270 valence electrons. The molecule has 0 aromatic heterocycles. The predicted molar refractivity (Wildman–Crippen MR) is 182 cm³/mol. The molecule has 1 rings (SSSR count). The van der Waals surface area contributed by atoms with Crippen LogP contribution >= 0.6 is 0 Å². The Kier molecular flexibility index (Phi) is 27.6. The average Bonchev–Trinajstić information content (AvgIpc) is 3.05. The molecule has 0 aromatic rings. The summed E-state index contributed by atoms with van der Waals surface area (Å²) in [5, 5.41) is 39.7. The number of aliphatic hydroxyl groups is 4. The van der Waals surface area contributed by atoms with Gasteiger partial charge in [-0.3, -0.25) is 4.79 Å². The third kappa shape index (κ3) is 21.5. The summed E-state index contributed by atoms with van der Waals surface area (Å²) >= 11 is 0. The Morgan fingerprint density at radius 3 is 1.91 bits per heavy atom. The first-order valence-electron chi connectivity index (χ1n) is 18.4.